The lowest BCUT2D eigenvalue weighted by Gasteiger charge is -2.64. The average Bonchev–Trinajstić information content (AvgIpc) is 3.69. The Morgan fingerprint density at radius 3 is 2.04 bits per heavy atom. The number of amides is 5. The minimum atomic E-state index is -0.970. The van der Waals surface area contributed by atoms with Gasteiger partial charge >= 0.3 is 0 Å². The van der Waals surface area contributed by atoms with Crippen molar-refractivity contribution < 1.29 is 24.0 Å². The van der Waals surface area contributed by atoms with Crippen molar-refractivity contribution in [3.8, 4) is 6.07 Å². The first kappa shape index (κ1) is 36.7. The molecule has 1 saturated carbocycles. The summed E-state index contributed by atoms with van der Waals surface area (Å²) >= 11 is 6.28. The molecule has 1 atom stereocenters. The number of halogens is 1. The van der Waals surface area contributed by atoms with Gasteiger partial charge in [-0.25, -0.2) is 0 Å². The van der Waals surface area contributed by atoms with Gasteiger partial charge in [0.15, 0.2) is 0 Å². The molecule has 1 aliphatic carbocycles. The fraction of sp³-hybridized carbons (Fsp3) is 0.429. The minimum Gasteiger partial charge on any atom is -0.381 e. The monoisotopic (exact) mass is 761 g/mol. The third kappa shape index (κ3) is 6.23. The van der Waals surface area contributed by atoms with Gasteiger partial charge in [-0.1, -0.05) is 39.3 Å². The molecule has 1 unspecified atom stereocenters. The van der Waals surface area contributed by atoms with Gasteiger partial charge in [-0.05, 0) is 85.0 Å². The maximum atomic E-state index is 13.5. The molecule has 5 amide bonds. The van der Waals surface area contributed by atoms with Gasteiger partial charge in [0.1, 0.15) is 12.1 Å². The Balaban J connectivity index is 0.846. The van der Waals surface area contributed by atoms with Crippen molar-refractivity contribution in [2.75, 3.05) is 23.3 Å². The topological polar surface area (TPSA) is 155 Å². The van der Waals surface area contributed by atoms with Crippen molar-refractivity contribution in [2.45, 2.75) is 90.6 Å². The summed E-state index contributed by atoms with van der Waals surface area (Å²) in [6.07, 6.45) is 2.13. The second-order valence-electron chi connectivity index (χ2n) is 16.7. The van der Waals surface area contributed by atoms with Crippen molar-refractivity contribution in [3.63, 3.8) is 0 Å². The second-order valence-corrected chi connectivity index (χ2v) is 17.1. The summed E-state index contributed by atoms with van der Waals surface area (Å²) < 4.78 is 0. The van der Waals surface area contributed by atoms with Gasteiger partial charge in [0, 0.05) is 78.5 Å². The number of nitriles is 1. The van der Waals surface area contributed by atoms with Crippen LogP contribution in [0.15, 0.2) is 54.6 Å². The highest BCUT2D eigenvalue weighted by atomic mass is 35.5. The molecule has 55 heavy (non-hydrogen) atoms. The van der Waals surface area contributed by atoms with Crippen LogP contribution < -0.4 is 20.9 Å². The minimum absolute atomic E-state index is 0.0568. The molecule has 2 saturated heterocycles. The maximum absolute atomic E-state index is 13.5. The number of benzene rings is 3. The molecule has 0 aromatic heterocycles. The Morgan fingerprint density at radius 1 is 0.855 bits per heavy atom. The third-order valence-corrected chi connectivity index (χ3v) is 12.9. The Bertz CT molecular complexity index is 2130. The van der Waals surface area contributed by atoms with Crippen LogP contribution in [0.5, 0.6) is 0 Å². The molecule has 4 heterocycles. The number of piperidine rings is 2. The molecule has 284 valence electrons. The van der Waals surface area contributed by atoms with Crippen LogP contribution in [0, 0.1) is 22.2 Å². The Labute approximate surface area is 325 Å². The summed E-state index contributed by atoms with van der Waals surface area (Å²) in [4.78, 5) is 70.1. The van der Waals surface area contributed by atoms with Crippen LogP contribution in [0.1, 0.15) is 101 Å². The van der Waals surface area contributed by atoms with Gasteiger partial charge in [0.25, 0.3) is 17.7 Å². The van der Waals surface area contributed by atoms with Crippen LogP contribution in [0.2, 0.25) is 5.02 Å². The van der Waals surface area contributed by atoms with Crippen molar-refractivity contribution in [1.82, 2.24) is 20.4 Å². The molecule has 4 aliphatic heterocycles. The van der Waals surface area contributed by atoms with E-state index >= 15 is 0 Å². The van der Waals surface area contributed by atoms with Crippen LogP contribution in [0.25, 0.3) is 0 Å². The first-order chi connectivity index (χ1) is 26.2. The molecular weight excluding hydrogens is 718 g/mol. The summed E-state index contributed by atoms with van der Waals surface area (Å²) in [7, 11) is 0. The summed E-state index contributed by atoms with van der Waals surface area (Å²) in [6.45, 7) is 11.7. The lowest BCUT2D eigenvalue weighted by molar-refractivity contribution is -0.136. The molecule has 5 aliphatic rings. The number of nitrogens with zero attached hydrogens (tertiary/aromatic N) is 4. The number of hydrogen-bond acceptors (Lipinski definition) is 9. The normalized spacial score (nSPS) is 24.5. The van der Waals surface area contributed by atoms with Crippen LogP contribution in [0.3, 0.4) is 0 Å². The molecule has 0 spiro atoms. The molecule has 3 aromatic rings. The first-order valence-electron chi connectivity index (χ1n) is 18.9. The number of carbonyl (C=O) groups excluding carboxylic acids is 5. The number of anilines is 2. The molecule has 0 radical (unpaired) electrons. The van der Waals surface area contributed by atoms with E-state index in [2.05, 4.69) is 59.5 Å². The number of hydrogen-bond donors (Lipinski definition) is 3. The molecule has 13 heteroatoms. The van der Waals surface area contributed by atoms with Crippen LogP contribution in [-0.2, 0) is 22.7 Å². The van der Waals surface area contributed by atoms with E-state index in [0.29, 0.717) is 46.4 Å². The summed E-state index contributed by atoms with van der Waals surface area (Å²) in [6, 6.07) is 18.2. The predicted molar refractivity (Wildman–Crippen MR) is 206 cm³/mol. The predicted octanol–water partition coefficient (Wildman–Crippen LogP) is 5.24. The van der Waals surface area contributed by atoms with E-state index in [4.69, 9.17) is 11.6 Å². The molecule has 12 nitrogen and oxygen atoms in total. The zero-order valence-corrected chi connectivity index (χ0v) is 32.1. The van der Waals surface area contributed by atoms with Gasteiger partial charge in [-0.3, -0.25) is 39.1 Å². The summed E-state index contributed by atoms with van der Waals surface area (Å²) in [5.74, 6) is -2.06. The number of rotatable bonds is 7. The van der Waals surface area contributed by atoms with Crippen molar-refractivity contribution >= 4 is 52.5 Å². The largest absolute Gasteiger partial charge is 0.381 e. The second kappa shape index (κ2) is 13.5. The molecular formula is C42H44ClN7O5. The Hall–Kier alpha value is -5.25. The van der Waals surface area contributed by atoms with Gasteiger partial charge < -0.3 is 15.5 Å². The summed E-state index contributed by atoms with van der Waals surface area (Å²) in [5.41, 5.74) is 5.15. The smallest absolute Gasteiger partial charge is 0.262 e. The van der Waals surface area contributed by atoms with Gasteiger partial charge in [-0.15, -0.1) is 0 Å². The third-order valence-electron chi connectivity index (χ3n) is 12.6. The highest BCUT2D eigenvalue weighted by Gasteiger charge is 2.62. The van der Waals surface area contributed by atoms with Gasteiger partial charge in [0.2, 0.25) is 11.8 Å². The summed E-state index contributed by atoms with van der Waals surface area (Å²) in [5, 5.41) is 18.8. The van der Waals surface area contributed by atoms with E-state index < -0.39 is 29.7 Å². The fourth-order valence-corrected chi connectivity index (χ4v) is 10.2. The molecule has 3 fully saturated rings. The standard InChI is InChI=1S/C42H44ClN7O5/c1-41(2)39(45-27-8-5-24(20-44)32(43)19-27)42(3,4)40(41)47-35(52)23-6-9-28(10-7-23)48-15-13-29(14-16-48)49-21-25-17-30-31(18-26(25)22-49)38(55)50(37(30)54)33-11-12-34(51)46-36(33)53/h5-10,17-19,29,33,39-40,45H,11-16,21-22H2,1-4H3,(H,47,52)(H,46,51,53)/t33?,39-,40-. The SMILES string of the molecule is CC1(C)[C@H](NC(=O)c2ccc(N3CCC(N4Cc5cc6c(cc5C4)C(=O)N(C4CCC(=O)NC4=O)C6=O)CC3)cc2)C(C)(C)[C@H]1Nc1ccc(C#N)c(Cl)c1. The van der Waals surface area contributed by atoms with E-state index in [9.17, 15) is 29.2 Å². The fourth-order valence-electron chi connectivity index (χ4n) is 9.94. The van der Waals surface area contributed by atoms with Crippen molar-refractivity contribution in [2.24, 2.45) is 10.8 Å². The number of nitrogens with one attached hydrogen (secondary N) is 3. The Kier molecular flexibility index (Phi) is 9.01. The van der Waals surface area contributed by atoms with Crippen LogP contribution in [-0.4, -0.2) is 76.6 Å². The number of imide groups is 2. The van der Waals surface area contributed by atoms with Gasteiger partial charge in [-0.2, -0.15) is 5.26 Å². The van der Waals surface area contributed by atoms with E-state index in [-0.39, 0.29) is 41.7 Å². The molecule has 0 bridgehead atoms. The molecule has 3 aromatic carbocycles. The van der Waals surface area contributed by atoms with E-state index in [1.165, 1.54) is 0 Å². The van der Waals surface area contributed by atoms with Crippen LogP contribution in [0.4, 0.5) is 11.4 Å². The van der Waals surface area contributed by atoms with Gasteiger partial charge in [0.05, 0.1) is 21.7 Å². The highest BCUT2D eigenvalue weighted by molar-refractivity contribution is 6.32. The molecule has 3 N–H and O–H groups in total. The maximum Gasteiger partial charge on any atom is 0.262 e. The van der Waals surface area contributed by atoms with E-state index in [0.717, 1.165) is 53.3 Å². The van der Waals surface area contributed by atoms with E-state index in [1.54, 1.807) is 12.1 Å². The zero-order chi connectivity index (χ0) is 39.0. The quantitative estimate of drug-likeness (QED) is 0.274. The first-order valence-corrected chi connectivity index (χ1v) is 19.3. The van der Waals surface area contributed by atoms with E-state index in [1.807, 2.05) is 42.5 Å². The zero-order valence-electron chi connectivity index (χ0n) is 31.4. The van der Waals surface area contributed by atoms with Crippen molar-refractivity contribution in [3.05, 3.63) is 93.0 Å². The van der Waals surface area contributed by atoms with Crippen LogP contribution >= 0.6 is 11.6 Å². The lowest BCUT2D eigenvalue weighted by Crippen LogP contribution is -2.75. The Morgan fingerprint density at radius 2 is 1.47 bits per heavy atom. The lowest BCUT2D eigenvalue weighted by atomic mass is 9.48. The average molecular weight is 762 g/mol. The molecule has 8 rings (SSSR count). The number of carbonyl (C=O) groups is 5. The van der Waals surface area contributed by atoms with Crippen molar-refractivity contribution in [1.29, 1.82) is 5.26 Å². The number of fused-ring (bicyclic) bond motifs is 2. The highest BCUT2D eigenvalue weighted by Crippen LogP contribution is 2.55.